The summed E-state index contributed by atoms with van der Waals surface area (Å²) in [5.41, 5.74) is 0.754. The molecule has 10 nitrogen and oxygen atoms in total. The molecule has 1 amide bonds. The predicted molar refractivity (Wildman–Crippen MR) is 90.4 cm³/mol. The summed E-state index contributed by atoms with van der Waals surface area (Å²) >= 11 is 1.20. The van der Waals surface area contributed by atoms with E-state index in [1.807, 2.05) is 0 Å². The van der Waals surface area contributed by atoms with Crippen LogP contribution >= 0.6 is 11.8 Å². The van der Waals surface area contributed by atoms with Crippen molar-refractivity contribution in [3.05, 3.63) is 38.3 Å². The number of hydrogen-bond donors (Lipinski definition) is 1. The number of nitrogens with one attached hydrogen (secondary N) is 1. The lowest BCUT2D eigenvalue weighted by Gasteiger charge is -2.00. The van der Waals surface area contributed by atoms with Crippen molar-refractivity contribution in [2.75, 3.05) is 5.75 Å². The Balaban J connectivity index is 2.07. The van der Waals surface area contributed by atoms with Crippen LogP contribution in [0.5, 0.6) is 0 Å². The molecule has 1 saturated heterocycles. The molecule has 1 aromatic heterocycles. The molecule has 24 heavy (non-hydrogen) atoms. The number of aryl methyl sites for hydroxylation is 2. The maximum absolute atomic E-state index is 12.0. The quantitative estimate of drug-likeness (QED) is 0.486. The normalized spacial score (nSPS) is 16.4. The van der Waals surface area contributed by atoms with Crippen LogP contribution in [0.3, 0.4) is 0 Å². The van der Waals surface area contributed by atoms with E-state index in [-0.39, 0.29) is 28.6 Å². The summed E-state index contributed by atoms with van der Waals surface area (Å²) in [6.45, 7) is 0. The maximum Gasteiger partial charge on any atom is 0.328 e. The second-order valence-electron chi connectivity index (χ2n) is 5.04. The van der Waals surface area contributed by atoms with Crippen molar-refractivity contribution in [3.8, 4) is 0 Å². The van der Waals surface area contributed by atoms with Crippen LogP contribution in [0.25, 0.3) is 11.0 Å². The van der Waals surface area contributed by atoms with Crippen LogP contribution in [0.1, 0.15) is 5.56 Å². The van der Waals surface area contributed by atoms with Gasteiger partial charge in [-0.15, -0.1) is 5.10 Å². The van der Waals surface area contributed by atoms with Gasteiger partial charge in [0.25, 0.3) is 5.69 Å². The standard InChI is InChI=1S/C13H12N6O4S/c1-17-9-3-7(5-14-16-12-15-11(20)6-24-12)8(19(22)23)4-10(9)18(2)13(17)21/h3-5H,6H2,1-2H3,(H,15,16,20). The molecule has 0 bridgehead atoms. The van der Waals surface area contributed by atoms with Gasteiger partial charge in [-0.25, -0.2) is 4.79 Å². The Bertz CT molecular complexity index is 986. The first-order valence-corrected chi connectivity index (χ1v) is 7.74. The summed E-state index contributed by atoms with van der Waals surface area (Å²) in [6.07, 6.45) is 1.23. The fourth-order valence-corrected chi connectivity index (χ4v) is 2.97. The minimum Gasteiger partial charge on any atom is -0.303 e. The van der Waals surface area contributed by atoms with Crippen LogP contribution in [-0.2, 0) is 18.9 Å². The first-order chi connectivity index (χ1) is 11.4. The van der Waals surface area contributed by atoms with E-state index in [2.05, 4.69) is 15.5 Å². The van der Waals surface area contributed by atoms with Gasteiger partial charge in [0.05, 0.1) is 33.5 Å². The van der Waals surface area contributed by atoms with Crippen LogP contribution in [0, 0.1) is 10.1 Å². The van der Waals surface area contributed by atoms with Crippen molar-refractivity contribution in [1.29, 1.82) is 0 Å². The topological polar surface area (TPSA) is 124 Å². The molecular weight excluding hydrogens is 336 g/mol. The Kier molecular flexibility index (Phi) is 3.93. The molecule has 1 aliphatic heterocycles. The van der Waals surface area contributed by atoms with E-state index in [0.29, 0.717) is 16.2 Å². The molecule has 0 saturated carbocycles. The number of amidine groups is 1. The maximum atomic E-state index is 12.0. The number of carbonyl (C=O) groups excluding carboxylic acids is 1. The number of fused-ring (bicyclic) bond motifs is 1. The first-order valence-electron chi connectivity index (χ1n) is 6.76. The van der Waals surface area contributed by atoms with Gasteiger partial charge in [0.2, 0.25) is 5.91 Å². The molecule has 3 rings (SSSR count). The number of imidazole rings is 1. The van der Waals surface area contributed by atoms with E-state index in [1.54, 1.807) is 14.1 Å². The number of carbonyl (C=O) groups is 1. The molecule has 1 aromatic carbocycles. The molecule has 124 valence electrons. The fourth-order valence-electron chi connectivity index (χ4n) is 2.33. The Labute approximate surface area is 139 Å². The Morgan fingerprint density at radius 1 is 1.29 bits per heavy atom. The molecule has 0 atom stereocenters. The number of aromatic nitrogens is 2. The van der Waals surface area contributed by atoms with Gasteiger partial charge >= 0.3 is 5.69 Å². The summed E-state index contributed by atoms with van der Waals surface area (Å²) < 4.78 is 2.74. The number of nitro groups is 1. The highest BCUT2D eigenvalue weighted by Crippen LogP contribution is 2.24. The molecule has 0 spiro atoms. The molecule has 1 N–H and O–H groups in total. The van der Waals surface area contributed by atoms with Crippen LogP contribution in [0.4, 0.5) is 5.69 Å². The van der Waals surface area contributed by atoms with Gasteiger partial charge in [-0.2, -0.15) is 5.10 Å². The third-order valence-electron chi connectivity index (χ3n) is 3.55. The highest BCUT2D eigenvalue weighted by Gasteiger charge is 2.19. The van der Waals surface area contributed by atoms with Gasteiger partial charge in [0.1, 0.15) is 0 Å². The molecule has 2 aromatic rings. The van der Waals surface area contributed by atoms with Crippen molar-refractivity contribution in [1.82, 2.24) is 14.5 Å². The molecule has 11 heteroatoms. The van der Waals surface area contributed by atoms with Crippen LogP contribution < -0.4 is 11.0 Å². The Morgan fingerprint density at radius 2 is 1.96 bits per heavy atom. The number of hydrogen-bond acceptors (Lipinski definition) is 7. The molecule has 0 aliphatic carbocycles. The van der Waals surface area contributed by atoms with Gasteiger partial charge in [0, 0.05) is 20.2 Å². The molecular formula is C13H12N6O4S. The predicted octanol–water partition coefficient (Wildman–Crippen LogP) is 0.338. The smallest absolute Gasteiger partial charge is 0.303 e. The van der Waals surface area contributed by atoms with E-state index in [9.17, 15) is 19.7 Å². The van der Waals surface area contributed by atoms with Crippen molar-refractivity contribution in [2.45, 2.75) is 0 Å². The monoisotopic (exact) mass is 348 g/mol. The lowest BCUT2D eigenvalue weighted by atomic mass is 10.1. The number of nitro benzene ring substituents is 1. The second kappa shape index (κ2) is 5.92. The van der Waals surface area contributed by atoms with Gasteiger partial charge < -0.3 is 5.32 Å². The second-order valence-corrected chi connectivity index (χ2v) is 6.01. The zero-order valence-electron chi connectivity index (χ0n) is 12.7. The van der Waals surface area contributed by atoms with E-state index in [1.165, 1.54) is 39.2 Å². The number of benzene rings is 1. The van der Waals surface area contributed by atoms with Crippen LogP contribution in [0.2, 0.25) is 0 Å². The first kappa shape index (κ1) is 15.9. The van der Waals surface area contributed by atoms with Gasteiger partial charge in [-0.05, 0) is 6.07 Å². The lowest BCUT2D eigenvalue weighted by Crippen LogP contribution is -2.19. The van der Waals surface area contributed by atoms with E-state index < -0.39 is 4.92 Å². The van der Waals surface area contributed by atoms with Gasteiger partial charge in [-0.1, -0.05) is 11.8 Å². The minimum absolute atomic E-state index is 0.166. The summed E-state index contributed by atoms with van der Waals surface area (Å²) in [5, 5.41) is 21.7. The number of rotatable bonds is 3. The van der Waals surface area contributed by atoms with E-state index in [4.69, 9.17) is 0 Å². The largest absolute Gasteiger partial charge is 0.328 e. The third-order valence-corrected chi connectivity index (χ3v) is 4.41. The Morgan fingerprint density at radius 3 is 2.54 bits per heavy atom. The molecule has 1 fully saturated rings. The zero-order chi connectivity index (χ0) is 17.4. The molecule has 1 aliphatic rings. The van der Waals surface area contributed by atoms with E-state index >= 15 is 0 Å². The van der Waals surface area contributed by atoms with Crippen molar-refractivity contribution < 1.29 is 9.72 Å². The average molecular weight is 348 g/mol. The molecule has 2 heterocycles. The fraction of sp³-hybridized carbons (Fsp3) is 0.231. The minimum atomic E-state index is -0.544. The van der Waals surface area contributed by atoms with E-state index in [0.717, 1.165) is 0 Å². The lowest BCUT2D eigenvalue weighted by molar-refractivity contribution is -0.384. The highest BCUT2D eigenvalue weighted by atomic mass is 32.2. The van der Waals surface area contributed by atoms with Crippen LogP contribution in [0.15, 0.2) is 27.1 Å². The zero-order valence-corrected chi connectivity index (χ0v) is 13.5. The summed E-state index contributed by atoms with van der Waals surface area (Å²) in [4.78, 5) is 33.8. The van der Waals surface area contributed by atoms with Crippen molar-refractivity contribution in [3.63, 3.8) is 0 Å². The molecule has 0 unspecified atom stereocenters. The molecule has 0 radical (unpaired) electrons. The Hall–Kier alpha value is -2.95. The number of amides is 1. The van der Waals surface area contributed by atoms with Crippen molar-refractivity contribution in [2.24, 2.45) is 24.3 Å². The SMILES string of the molecule is Cn1c(=O)n(C)c2cc([N+](=O)[O-])c(C=NN=C3NC(=O)CS3)cc21. The average Bonchev–Trinajstić information content (AvgIpc) is 3.05. The van der Waals surface area contributed by atoms with Gasteiger partial charge in [0.15, 0.2) is 5.17 Å². The van der Waals surface area contributed by atoms with Crippen molar-refractivity contribution >= 4 is 45.8 Å². The summed E-state index contributed by atoms with van der Waals surface area (Å²) in [5.74, 6) is 0.104. The summed E-state index contributed by atoms with van der Waals surface area (Å²) in [7, 11) is 3.14. The highest BCUT2D eigenvalue weighted by molar-refractivity contribution is 8.15. The summed E-state index contributed by atoms with van der Waals surface area (Å²) in [6, 6.07) is 2.84. The number of nitrogens with zero attached hydrogens (tertiary/aromatic N) is 5. The van der Waals surface area contributed by atoms with Crippen LogP contribution in [-0.4, -0.2) is 37.1 Å². The third kappa shape index (κ3) is 2.69. The van der Waals surface area contributed by atoms with Gasteiger partial charge in [-0.3, -0.25) is 24.0 Å². The number of thioether (sulfide) groups is 1.